The highest BCUT2D eigenvalue weighted by Gasteiger charge is 2.31. The molecule has 0 saturated carbocycles. The minimum Gasteiger partial charge on any atom is -0.406 e. The molecule has 1 heterocycles. The molecule has 0 aliphatic heterocycles. The average Bonchev–Trinajstić information content (AvgIpc) is 2.94. The smallest absolute Gasteiger partial charge is 0.406 e. The SMILES string of the molecule is CCC/C(C)=N\c1cc(OC(F)(F)F)cc(-c2nccs2)c1C. The number of hydrogen-bond acceptors (Lipinski definition) is 4. The normalized spacial score (nSPS) is 12.5. The number of benzene rings is 1. The molecule has 0 spiro atoms. The molecule has 0 radical (unpaired) electrons. The van der Waals surface area contributed by atoms with Crippen molar-refractivity contribution in [1.29, 1.82) is 0 Å². The number of nitrogens with zero attached hydrogens (tertiary/aromatic N) is 2. The van der Waals surface area contributed by atoms with Gasteiger partial charge in [-0.15, -0.1) is 24.5 Å². The van der Waals surface area contributed by atoms with Crippen LogP contribution in [0.4, 0.5) is 18.9 Å². The van der Waals surface area contributed by atoms with Gasteiger partial charge in [0.25, 0.3) is 0 Å². The number of rotatable bonds is 5. The Morgan fingerprint density at radius 2 is 2.09 bits per heavy atom. The van der Waals surface area contributed by atoms with Crippen molar-refractivity contribution in [3.8, 4) is 16.3 Å². The standard InChI is InChI=1S/C16H17F3N2OS/c1-4-5-10(2)21-14-9-12(22-16(17,18)19)8-13(11(14)3)15-20-6-7-23-15/h6-9H,4-5H2,1-3H3/b21-10-. The Kier molecular flexibility index (Phi) is 5.41. The van der Waals surface area contributed by atoms with Crippen molar-refractivity contribution in [3.05, 3.63) is 29.3 Å². The molecule has 23 heavy (non-hydrogen) atoms. The van der Waals surface area contributed by atoms with E-state index in [2.05, 4.69) is 14.7 Å². The minimum absolute atomic E-state index is 0.281. The van der Waals surface area contributed by atoms with Crippen LogP contribution in [-0.2, 0) is 0 Å². The van der Waals surface area contributed by atoms with E-state index in [0.717, 1.165) is 24.1 Å². The second-order valence-electron chi connectivity index (χ2n) is 5.10. The van der Waals surface area contributed by atoms with Crippen molar-refractivity contribution in [2.45, 2.75) is 40.0 Å². The van der Waals surface area contributed by atoms with Gasteiger partial charge >= 0.3 is 6.36 Å². The summed E-state index contributed by atoms with van der Waals surface area (Å²) in [5.41, 5.74) is 2.72. The summed E-state index contributed by atoms with van der Waals surface area (Å²) in [7, 11) is 0. The molecule has 0 unspecified atom stereocenters. The van der Waals surface area contributed by atoms with Crippen molar-refractivity contribution in [3.63, 3.8) is 0 Å². The van der Waals surface area contributed by atoms with E-state index >= 15 is 0 Å². The number of hydrogen-bond donors (Lipinski definition) is 0. The summed E-state index contributed by atoms with van der Waals surface area (Å²) in [5.74, 6) is -0.281. The van der Waals surface area contributed by atoms with Crippen LogP contribution >= 0.6 is 11.3 Å². The van der Waals surface area contributed by atoms with E-state index in [9.17, 15) is 13.2 Å². The molecule has 1 aromatic heterocycles. The lowest BCUT2D eigenvalue weighted by Crippen LogP contribution is -2.17. The van der Waals surface area contributed by atoms with Gasteiger partial charge in [0.15, 0.2) is 0 Å². The van der Waals surface area contributed by atoms with Crippen molar-refractivity contribution >= 4 is 22.7 Å². The molecule has 0 N–H and O–H groups in total. The van der Waals surface area contributed by atoms with Crippen LogP contribution in [0.2, 0.25) is 0 Å². The molecular formula is C16H17F3N2OS. The van der Waals surface area contributed by atoms with Gasteiger partial charge in [-0.1, -0.05) is 13.3 Å². The van der Waals surface area contributed by atoms with Crippen LogP contribution in [0.5, 0.6) is 5.75 Å². The van der Waals surface area contributed by atoms with Crippen molar-refractivity contribution in [1.82, 2.24) is 4.98 Å². The predicted molar refractivity (Wildman–Crippen MR) is 86.6 cm³/mol. The maximum absolute atomic E-state index is 12.6. The number of alkyl halides is 3. The molecule has 2 rings (SSSR count). The molecule has 0 amide bonds. The zero-order valence-corrected chi connectivity index (χ0v) is 13.9. The third-order valence-corrected chi connectivity index (χ3v) is 3.98. The molecule has 0 bridgehead atoms. The van der Waals surface area contributed by atoms with Crippen LogP contribution in [-0.4, -0.2) is 17.1 Å². The van der Waals surface area contributed by atoms with E-state index in [1.165, 1.54) is 23.5 Å². The van der Waals surface area contributed by atoms with E-state index in [1.807, 2.05) is 20.8 Å². The van der Waals surface area contributed by atoms with Crippen LogP contribution in [0.15, 0.2) is 28.7 Å². The minimum atomic E-state index is -4.74. The summed E-state index contributed by atoms with van der Waals surface area (Å²) < 4.78 is 41.8. The molecule has 124 valence electrons. The molecule has 1 aromatic carbocycles. The predicted octanol–water partition coefficient (Wildman–Crippen LogP) is 5.91. The lowest BCUT2D eigenvalue weighted by atomic mass is 10.1. The Morgan fingerprint density at radius 1 is 1.35 bits per heavy atom. The zero-order chi connectivity index (χ0) is 17.0. The van der Waals surface area contributed by atoms with Gasteiger partial charge in [-0.25, -0.2) is 4.98 Å². The lowest BCUT2D eigenvalue weighted by Gasteiger charge is -2.13. The Labute approximate surface area is 136 Å². The average molecular weight is 342 g/mol. The maximum Gasteiger partial charge on any atom is 0.573 e. The first-order valence-electron chi connectivity index (χ1n) is 7.14. The zero-order valence-electron chi connectivity index (χ0n) is 13.1. The molecule has 3 nitrogen and oxygen atoms in total. The Balaban J connectivity index is 2.54. The van der Waals surface area contributed by atoms with Crippen LogP contribution in [0.1, 0.15) is 32.3 Å². The van der Waals surface area contributed by atoms with E-state index in [1.54, 1.807) is 11.6 Å². The summed E-state index contributed by atoms with van der Waals surface area (Å²) in [6.07, 6.45) is -1.42. The Hall–Kier alpha value is -1.89. The fraction of sp³-hybridized carbons (Fsp3) is 0.375. The number of halogens is 3. The Bertz CT molecular complexity index is 694. The summed E-state index contributed by atoms with van der Waals surface area (Å²) in [5, 5.41) is 2.41. The number of aromatic nitrogens is 1. The molecule has 0 atom stereocenters. The van der Waals surface area contributed by atoms with Gasteiger partial charge in [-0.2, -0.15) is 0 Å². The molecule has 2 aromatic rings. The molecular weight excluding hydrogens is 325 g/mol. The van der Waals surface area contributed by atoms with Gasteiger partial charge in [0.2, 0.25) is 0 Å². The van der Waals surface area contributed by atoms with E-state index in [4.69, 9.17) is 0 Å². The molecule has 0 fully saturated rings. The van der Waals surface area contributed by atoms with Gasteiger partial charge < -0.3 is 4.74 Å². The van der Waals surface area contributed by atoms with Crippen molar-refractivity contribution < 1.29 is 17.9 Å². The second-order valence-corrected chi connectivity index (χ2v) is 5.99. The third-order valence-electron chi connectivity index (χ3n) is 3.17. The van der Waals surface area contributed by atoms with Crippen molar-refractivity contribution in [2.24, 2.45) is 4.99 Å². The summed E-state index contributed by atoms with van der Waals surface area (Å²) in [6.45, 7) is 5.71. The molecule has 0 aliphatic carbocycles. The third kappa shape index (κ3) is 4.79. The fourth-order valence-corrected chi connectivity index (χ4v) is 2.90. The van der Waals surface area contributed by atoms with E-state index in [-0.39, 0.29) is 5.75 Å². The lowest BCUT2D eigenvalue weighted by molar-refractivity contribution is -0.274. The van der Waals surface area contributed by atoms with Crippen LogP contribution < -0.4 is 4.74 Å². The van der Waals surface area contributed by atoms with Crippen LogP contribution in [0.3, 0.4) is 0 Å². The first-order valence-corrected chi connectivity index (χ1v) is 8.02. The highest BCUT2D eigenvalue weighted by Crippen LogP contribution is 2.37. The molecule has 0 saturated heterocycles. The monoisotopic (exact) mass is 342 g/mol. The fourth-order valence-electron chi connectivity index (χ4n) is 2.18. The molecule has 7 heteroatoms. The second kappa shape index (κ2) is 7.12. The molecule has 0 aliphatic rings. The summed E-state index contributed by atoms with van der Waals surface area (Å²) in [4.78, 5) is 8.63. The largest absolute Gasteiger partial charge is 0.573 e. The number of aliphatic imine (C=N–C) groups is 1. The van der Waals surface area contributed by atoms with Crippen LogP contribution in [0.25, 0.3) is 10.6 Å². The Morgan fingerprint density at radius 3 is 2.65 bits per heavy atom. The van der Waals surface area contributed by atoms with Crippen molar-refractivity contribution in [2.75, 3.05) is 0 Å². The van der Waals surface area contributed by atoms with Gasteiger partial charge in [0.1, 0.15) is 10.8 Å². The number of thiazole rings is 1. The van der Waals surface area contributed by atoms with E-state index < -0.39 is 6.36 Å². The van der Waals surface area contributed by atoms with Gasteiger partial charge in [-0.3, -0.25) is 4.99 Å². The van der Waals surface area contributed by atoms with Gasteiger partial charge in [0.05, 0.1) is 5.69 Å². The topological polar surface area (TPSA) is 34.5 Å². The quantitative estimate of drug-likeness (QED) is 0.633. The highest BCUT2D eigenvalue weighted by molar-refractivity contribution is 7.13. The van der Waals surface area contributed by atoms with Gasteiger partial charge in [0, 0.05) is 28.9 Å². The first kappa shape index (κ1) is 17.5. The first-order chi connectivity index (χ1) is 10.8. The van der Waals surface area contributed by atoms with Gasteiger partial charge in [-0.05, 0) is 31.9 Å². The highest BCUT2D eigenvalue weighted by atomic mass is 32.1. The maximum atomic E-state index is 12.6. The van der Waals surface area contributed by atoms with E-state index in [0.29, 0.717) is 16.3 Å². The summed E-state index contributed by atoms with van der Waals surface area (Å²) in [6, 6.07) is 2.68. The number of ether oxygens (including phenoxy) is 1. The van der Waals surface area contributed by atoms with Crippen LogP contribution in [0, 0.1) is 6.92 Å². The summed E-state index contributed by atoms with van der Waals surface area (Å²) >= 11 is 1.36.